The van der Waals surface area contributed by atoms with Crippen LogP contribution in [0.3, 0.4) is 0 Å². The van der Waals surface area contributed by atoms with Crippen LogP contribution in [-0.2, 0) is 22.6 Å². The molecule has 1 amide bonds. The zero-order valence-electron chi connectivity index (χ0n) is 13.0. The maximum atomic E-state index is 12.0. The third-order valence-electron chi connectivity index (χ3n) is 3.84. The zero-order valence-corrected chi connectivity index (χ0v) is 13.8. The molecule has 0 saturated carbocycles. The second-order valence-electron chi connectivity index (χ2n) is 5.67. The number of rotatable bonds is 6. The molecule has 2 aromatic rings. The fourth-order valence-electron chi connectivity index (χ4n) is 2.68. The van der Waals surface area contributed by atoms with Crippen LogP contribution in [0, 0.1) is 0 Å². The second-order valence-corrected chi connectivity index (χ2v) is 6.39. The van der Waals surface area contributed by atoms with Gasteiger partial charge in [0.2, 0.25) is 5.91 Å². The summed E-state index contributed by atoms with van der Waals surface area (Å²) in [5.74, 6) is 0.0181. The van der Waals surface area contributed by atoms with Gasteiger partial charge in [0.25, 0.3) is 0 Å². The number of nitrogens with one attached hydrogen (secondary N) is 1. The molecular weight excluding hydrogens is 310 g/mol. The van der Waals surface area contributed by atoms with Crippen molar-refractivity contribution in [2.75, 3.05) is 19.7 Å². The number of benzene rings is 1. The van der Waals surface area contributed by atoms with Crippen LogP contribution >= 0.6 is 11.3 Å². The minimum Gasteiger partial charge on any atom is -0.375 e. The highest BCUT2D eigenvalue weighted by Crippen LogP contribution is 2.12. The quantitative estimate of drug-likeness (QED) is 0.880. The molecule has 23 heavy (non-hydrogen) atoms. The molecule has 2 heterocycles. The van der Waals surface area contributed by atoms with Crippen molar-refractivity contribution in [3.63, 3.8) is 0 Å². The zero-order chi connectivity index (χ0) is 15.9. The van der Waals surface area contributed by atoms with Crippen LogP contribution in [0.25, 0.3) is 0 Å². The van der Waals surface area contributed by atoms with E-state index < -0.39 is 0 Å². The van der Waals surface area contributed by atoms with Gasteiger partial charge in [-0.3, -0.25) is 9.69 Å². The van der Waals surface area contributed by atoms with Crippen LogP contribution in [-0.4, -0.2) is 41.6 Å². The molecule has 1 atom stereocenters. The van der Waals surface area contributed by atoms with Crippen LogP contribution in [0.15, 0.2) is 41.2 Å². The molecule has 5 nitrogen and oxygen atoms in total. The SMILES string of the molecule is O=C(C[C@H]1CN(Cc2ccccc2)CCO1)NCc1cscn1. The van der Waals surface area contributed by atoms with Crippen molar-refractivity contribution in [2.45, 2.75) is 25.6 Å². The Labute approximate surface area is 140 Å². The van der Waals surface area contributed by atoms with E-state index in [1.165, 1.54) is 16.9 Å². The number of carbonyl (C=O) groups is 1. The lowest BCUT2D eigenvalue weighted by atomic mass is 10.1. The average Bonchev–Trinajstić information content (AvgIpc) is 3.08. The molecule has 1 fully saturated rings. The van der Waals surface area contributed by atoms with E-state index in [-0.39, 0.29) is 12.0 Å². The number of amides is 1. The monoisotopic (exact) mass is 331 g/mol. The molecule has 1 N–H and O–H groups in total. The Bertz CT molecular complexity index is 604. The Morgan fingerprint density at radius 1 is 1.39 bits per heavy atom. The summed E-state index contributed by atoms with van der Waals surface area (Å²) in [6.45, 7) is 3.77. The molecule has 122 valence electrons. The molecular formula is C17H21N3O2S. The minimum atomic E-state index is -0.0390. The Hall–Kier alpha value is -1.76. The van der Waals surface area contributed by atoms with Gasteiger partial charge < -0.3 is 10.1 Å². The predicted octanol–water partition coefficient (Wildman–Crippen LogP) is 2.05. The van der Waals surface area contributed by atoms with Crippen LogP contribution in [0.5, 0.6) is 0 Å². The molecule has 1 aromatic heterocycles. The Kier molecular flexibility index (Phi) is 5.74. The molecule has 1 aliphatic heterocycles. The van der Waals surface area contributed by atoms with E-state index in [2.05, 4.69) is 39.5 Å². The highest BCUT2D eigenvalue weighted by atomic mass is 32.1. The Morgan fingerprint density at radius 2 is 2.26 bits per heavy atom. The first-order valence-electron chi connectivity index (χ1n) is 7.81. The first-order chi connectivity index (χ1) is 11.3. The van der Waals surface area contributed by atoms with Crippen LogP contribution < -0.4 is 5.32 Å². The maximum Gasteiger partial charge on any atom is 0.222 e. The normalized spacial score (nSPS) is 18.7. The first kappa shape index (κ1) is 16.1. The van der Waals surface area contributed by atoms with E-state index >= 15 is 0 Å². The molecule has 1 saturated heterocycles. The van der Waals surface area contributed by atoms with Gasteiger partial charge in [0.1, 0.15) is 0 Å². The van der Waals surface area contributed by atoms with Crippen molar-refractivity contribution in [2.24, 2.45) is 0 Å². The predicted molar refractivity (Wildman–Crippen MR) is 90.0 cm³/mol. The molecule has 1 aromatic carbocycles. The number of morpholine rings is 1. The molecule has 0 aliphatic carbocycles. The smallest absolute Gasteiger partial charge is 0.222 e. The maximum absolute atomic E-state index is 12.0. The van der Waals surface area contributed by atoms with E-state index in [0.29, 0.717) is 19.6 Å². The number of carbonyl (C=O) groups excluding carboxylic acids is 1. The largest absolute Gasteiger partial charge is 0.375 e. The fourth-order valence-corrected chi connectivity index (χ4v) is 3.24. The molecule has 6 heteroatoms. The van der Waals surface area contributed by atoms with Gasteiger partial charge in [0.05, 0.1) is 36.9 Å². The molecule has 0 bridgehead atoms. The summed E-state index contributed by atoms with van der Waals surface area (Å²) in [5.41, 5.74) is 3.97. The molecule has 0 unspecified atom stereocenters. The van der Waals surface area contributed by atoms with E-state index in [1.54, 1.807) is 5.51 Å². The lowest BCUT2D eigenvalue weighted by Crippen LogP contribution is -2.44. The van der Waals surface area contributed by atoms with Gasteiger partial charge in [-0.25, -0.2) is 4.98 Å². The van der Waals surface area contributed by atoms with Crippen molar-refractivity contribution in [3.05, 3.63) is 52.5 Å². The standard InChI is InChI=1S/C17H21N3O2S/c21-17(18-9-15-12-23-13-19-15)8-16-11-20(6-7-22-16)10-14-4-2-1-3-5-14/h1-5,12-13,16H,6-11H2,(H,18,21)/t16-/m0/s1. The van der Waals surface area contributed by atoms with Crippen molar-refractivity contribution >= 4 is 17.2 Å². The van der Waals surface area contributed by atoms with Gasteiger partial charge in [-0.2, -0.15) is 0 Å². The third-order valence-corrected chi connectivity index (χ3v) is 4.47. The van der Waals surface area contributed by atoms with Crippen molar-refractivity contribution < 1.29 is 9.53 Å². The topological polar surface area (TPSA) is 54.5 Å². The number of nitrogens with zero attached hydrogens (tertiary/aromatic N) is 2. The van der Waals surface area contributed by atoms with E-state index in [9.17, 15) is 4.79 Å². The van der Waals surface area contributed by atoms with Gasteiger partial charge in [-0.1, -0.05) is 30.3 Å². The molecule has 0 radical (unpaired) electrons. The van der Waals surface area contributed by atoms with Crippen LogP contribution in [0.1, 0.15) is 17.7 Å². The molecule has 0 spiro atoms. The summed E-state index contributed by atoms with van der Waals surface area (Å²) < 4.78 is 5.74. The van der Waals surface area contributed by atoms with Gasteiger partial charge in [-0.15, -0.1) is 11.3 Å². The van der Waals surface area contributed by atoms with Gasteiger partial charge in [0.15, 0.2) is 0 Å². The van der Waals surface area contributed by atoms with Crippen molar-refractivity contribution in [3.8, 4) is 0 Å². The lowest BCUT2D eigenvalue weighted by Gasteiger charge is -2.32. The highest BCUT2D eigenvalue weighted by Gasteiger charge is 2.22. The third kappa shape index (κ3) is 5.13. The Balaban J connectivity index is 1.43. The number of thiazole rings is 1. The lowest BCUT2D eigenvalue weighted by molar-refractivity contribution is -0.126. The van der Waals surface area contributed by atoms with Crippen LogP contribution in [0.2, 0.25) is 0 Å². The Morgan fingerprint density at radius 3 is 3.04 bits per heavy atom. The average molecular weight is 331 g/mol. The van der Waals surface area contributed by atoms with Gasteiger partial charge >= 0.3 is 0 Å². The summed E-state index contributed by atoms with van der Waals surface area (Å²) in [6, 6.07) is 10.4. The van der Waals surface area contributed by atoms with E-state index in [0.717, 1.165) is 25.3 Å². The summed E-state index contributed by atoms with van der Waals surface area (Å²) >= 11 is 1.53. The number of hydrogen-bond donors (Lipinski definition) is 1. The first-order valence-corrected chi connectivity index (χ1v) is 8.75. The summed E-state index contributed by atoms with van der Waals surface area (Å²) in [7, 11) is 0. The van der Waals surface area contributed by atoms with Crippen molar-refractivity contribution in [1.82, 2.24) is 15.2 Å². The van der Waals surface area contributed by atoms with Gasteiger partial charge in [0, 0.05) is 25.0 Å². The summed E-state index contributed by atoms with van der Waals surface area (Å²) in [5, 5.41) is 4.85. The number of ether oxygens (including phenoxy) is 1. The fraction of sp³-hybridized carbons (Fsp3) is 0.412. The second kappa shape index (κ2) is 8.19. The number of aromatic nitrogens is 1. The molecule has 1 aliphatic rings. The van der Waals surface area contributed by atoms with E-state index in [4.69, 9.17) is 4.74 Å². The van der Waals surface area contributed by atoms with Crippen molar-refractivity contribution in [1.29, 1.82) is 0 Å². The summed E-state index contributed by atoms with van der Waals surface area (Å²) in [6.07, 6.45) is 0.359. The molecule has 3 rings (SSSR count). The summed E-state index contributed by atoms with van der Waals surface area (Å²) in [4.78, 5) is 18.5. The number of hydrogen-bond acceptors (Lipinski definition) is 5. The van der Waals surface area contributed by atoms with Gasteiger partial charge in [-0.05, 0) is 5.56 Å². The highest BCUT2D eigenvalue weighted by molar-refractivity contribution is 7.07. The van der Waals surface area contributed by atoms with E-state index in [1.807, 2.05) is 11.4 Å². The minimum absolute atomic E-state index is 0.0181. The van der Waals surface area contributed by atoms with Crippen LogP contribution in [0.4, 0.5) is 0 Å².